The highest BCUT2D eigenvalue weighted by molar-refractivity contribution is 7.99. The summed E-state index contributed by atoms with van der Waals surface area (Å²) in [5, 5.41) is 3.59. The Morgan fingerprint density at radius 2 is 1.90 bits per heavy atom. The molecule has 0 aromatic heterocycles. The van der Waals surface area contributed by atoms with Gasteiger partial charge in [-0.15, -0.1) is 0 Å². The van der Waals surface area contributed by atoms with Crippen molar-refractivity contribution in [3.8, 4) is 0 Å². The Morgan fingerprint density at radius 3 is 2.55 bits per heavy atom. The van der Waals surface area contributed by atoms with Crippen molar-refractivity contribution in [3.63, 3.8) is 0 Å². The molecule has 2 saturated heterocycles. The van der Waals surface area contributed by atoms with Crippen LogP contribution in [0.1, 0.15) is 51.4 Å². The van der Waals surface area contributed by atoms with Gasteiger partial charge in [0.1, 0.15) is 0 Å². The van der Waals surface area contributed by atoms with Crippen LogP contribution in [0.4, 0.5) is 0 Å². The second kappa shape index (κ2) is 7.17. The maximum atomic E-state index is 12.7. The van der Waals surface area contributed by atoms with Gasteiger partial charge in [-0.3, -0.25) is 4.79 Å². The SMILES string of the molecule is O=C(CC1CCSCC1)N(CC1CCCCN1)C1CC1. The third kappa shape index (κ3) is 4.14. The summed E-state index contributed by atoms with van der Waals surface area (Å²) in [6.07, 6.45) is 9.64. The zero-order valence-corrected chi connectivity index (χ0v) is 13.3. The Morgan fingerprint density at radius 1 is 1.10 bits per heavy atom. The van der Waals surface area contributed by atoms with Crippen molar-refractivity contribution in [2.45, 2.75) is 63.5 Å². The fraction of sp³-hybridized carbons (Fsp3) is 0.938. The molecule has 3 aliphatic rings. The fourth-order valence-electron chi connectivity index (χ4n) is 3.47. The quantitative estimate of drug-likeness (QED) is 0.846. The van der Waals surface area contributed by atoms with E-state index in [9.17, 15) is 4.79 Å². The van der Waals surface area contributed by atoms with Crippen LogP contribution in [0, 0.1) is 5.92 Å². The minimum absolute atomic E-state index is 0.441. The molecule has 2 heterocycles. The zero-order chi connectivity index (χ0) is 13.8. The van der Waals surface area contributed by atoms with Gasteiger partial charge in [0.2, 0.25) is 5.91 Å². The molecule has 20 heavy (non-hydrogen) atoms. The number of rotatable bonds is 5. The summed E-state index contributed by atoms with van der Waals surface area (Å²) in [6.45, 7) is 2.10. The molecule has 1 amide bonds. The first-order valence-electron chi connectivity index (χ1n) is 8.43. The van der Waals surface area contributed by atoms with Gasteiger partial charge >= 0.3 is 0 Å². The van der Waals surface area contributed by atoms with Gasteiger partial charge in [-0.1, -0.05) is 6.42 Å². The maximum absolute atomic E-state index is 12.7. The van der Waals surface area contributed by atoms with E-state index in [1.54, 1.807) is 0 Å². The third-order valence-corrected chi connectivity index (χ3v) is 5.99. The number of thioether (sulfide) groups is 1. The molecular formula is C16H28N2OS. The van der Waals surface area contributed by atoms with Crippen LogP contribution in [0.2, 0.25) is 0 Å². The van der Waals surface area contributed by atoms with Crippen molar-refractivity contribution >= 4 is 17.7 Å². The van der Waals surface area contributed by atoms with Gasteiger partial charge in [0, 0.05) is 25.0 Å². The van der Waals surface area contributed by atoms with Crippen LogP contribution in [-0.4, -0.2) is 47.5 Å². The van der Waals surface area contributed by atoms with Gasteiger partial charge in [0.25, 0.3) is 0 Å². The first-order chi connectivity index (χ1) is 9.83. The summed E-state index contributed by atoms with van der Waals surface area (Å²) < 4.78 is 0. The van der Waals surface area contributed by atoms with E-state index in [1.165, 1.54) is 56.5 Å². The lowest BCUT2D eigenvalue weighted by Crippen LogP contribution is -2.47. The average molecular weight is 296 g/mol. The van der Waals surface area contributed by atoms with Gasteiger partial charge in [0.15, 0.2) is 0 Å². The fourth-order valence-corrected chi connectivity index (χ4v) is 4.68. The molecule has 3 fully saturated rings. The van der Waals surface area contributed by atoms with Crippen molar-refractivity contribution in [1.29, 1.82) is 0 Å². The monoisotopic (exact) mass is 296 g/mol. The van der Waals surface area contributed by atoms with Crippen molar-refractivity contribution in [2.24, 2.45) is 5.92 Å². The molecule has 4 heteroatoms. The van der Waals surface area contributed by atoms with E-state index < -0.39 is 0 Å². The molecule has 114 valence electrons. The Labute approximate surface area is 127 Å². The largest absolute Gasteiger partial charge is 0.338 e. The molecular weight excluding hydrogens is 268 g/mol. The molecule has 0 aromatic rings. The van der Waals surface area contributed by atoms with Gasteiger partial charge in [0.05, 0.1) is 0 Å². The van der Waals surface area contributed by atoms with Crippen LogP contribution in [0.25, 0.3) is 0 Å². The highest BCUT2D eigenvalue weighted by atomic mass is 32.2. The minimum Gasteiger partial charge on any atom is -0.338 e. The number of carbonyl (C=O) groups is 1. The molecule has 1 atom stereocenters. The predicted octanol–water partition coefficient (Wildman–Crippen LogP) is 2.65. The summed E-state index contributed by atoms with van der Waals surface area (Å²) in [7, 11) is 0. The van der Waals surface area contributed by atoms with Crippen LogP contribution < -0.4 is 5.32 Å². The Kier molecular flexibility index (Phi) is 5.27. The van der Waals surface area contributed by atoms with E-state index in [0.29, 0.717) is 23.9 Å². The normalized spacial score (nSPS) is 28.3. The minimum atomic E-state index is 0.441. The van der Waals surface area contributed by atoms with Crippen LogP contribution in [0.15, 0.2) is 0 Å². The standard InChI is InChI=1S/C16H28N2OS/c19-16(11-13-6-9-20-10-7-13)18(15-4-5-15)12-14-3-1-2-8-17-14/h13-15,17H,1-12H2. The molecule has 0 aromatic carbocycles. The summed E-state index contributed by atoms with van der Waals surface area (Å²) in [6, 6.07) is 1.12. The predicted molar refractivity (Wildman–Crippen MR) is 85.0 cm³/mol. The highest BCUT2D eigenvalue weighted by Gasteiger charge is 2.35. The topological polar surface area (TPSA) is 32.3 Å². The molecule has 3 nitrogen and oxygen atoms in total. The molecule has 0 radical (unpaired) electrons. The van der Waals surface area contributed by atoms with E-state index in [0.717, 1.165) is 19.5 Å². The molecule has 1 saturated carbocycles. The first-order valence-corrected chi connectivity index (χ1v) is 9.59. The second-order valence-corrected chi connectivity index (χ2v) is 7.91. The number of nitrogens with zero attached hydrogens (tertiary/aromatic N) is 1. The molecule has 2 aliphatic heterocycles. The Hall–Kier alpha value is -0.220. The van der Waals surface area contributed by atoms with Crippen LogP contribution in [0.3, 0.4) is 0 Å². The Bertz CT molecular complexity index is 320. The average Bonchev–Trinajstić information content (AvgIpc) is 3.31. The summed E-state index contributed by atoms with van der Waals surface area (Å²) in [4.78, 5) is 14.9. The lowest BCUT2D eigenvalue weighted by atomic mass is 9.97. The Balaban J connectivity index is 1.51. The lowest BCUT2D eigenvalue weighted by Gasteiger charge is -2.32. The van der Waals surface area contributed by atoms with Crippen molar-refractivity contribution in [3.05, 3.63) is 0 Å². The number of carbonyl (C=O) groups excluding carboxylic acids is 1. The lowest BCUT2D eigenvalue weighted by molar-refractivity contribution is -0.133. The van der Waals surface area contributed by atoms with Gasteiger partial charge in [-0.2, -0.15) is 11.8 Å². The first kappa shape index (κ1) is 14.7. The number of hydrogen-bond donors (Lipinski definition) is 1. The molecule has 0 spiro atoms. The number of nitrogens with one attached hydrogen (secondary N) is 1. The third-order valence-electron chi connectivity index (χ3n) is 4.94. The number of piperidine rings is 1. The molecule has 1 N–H and O–H groups in total. The van der Waals surface area contributed by atoms with E-state index in [-0.39, 0.29) is 0 Å². The smallest absolute Gasteiger partial charge is 0.223 e. The molecule has 3 rings (SSSR count). The van der Waals surface area contributed by atoms with Crippen LogP contribution in [-0.2, 0) is 4.79 Å². The second-order valence-electron chi connectivity index (χ2n) is 6.68. The maximum Gasteiger partial charge on any atom is 0.223 e. The van der Waals surface area contributed by atoms with Gasteiger partial charge in [-0.25, -0.2) is 0 Å². The zero-order valence-electron chi connectivity index (χ0n) is 12.5. The summed E-state index contributed by atoms with van der Waals surface area (Å²) >= 11 is 2.05. The van der Waals surface area contributed by atoms with E-state index in [2.05, 4.69) is 10.2 Å². The molecule has 1 unspecified atom stereocenters. The van der Waals surface area contributed by atoms with Crippen molar-refractivity contribution in [2.75, 3.05) is 24.6 Å². The number of amides is 1. The van der Waals surface area contributed by atoms with Crippen molar-refractivity contribution < 1.29 is 4.79 Å². The van der Waals surface area contributed by atoms with E-state index in [4.69, 9.17) is 0 Å². The molecule has 1 aliphatic carbocycles. The van der Waals surface area contributed by atoms with E-state index in [1.807, 2.05) is 11.8 Å². The van der Waals surface area contributed by atoms with Gasteiger partial charge in [-0.05, 0) is 62.5 Å². The highest BCUT2D eigenvalue weighted by Crippen LogP contribution is 2.31. The van der Waals surface area contributed by atoms with Crippen LogP contribution >= 0.6 is 11.8 Å². The number of hydrogen-bond acceptors (Lipinski definition) is 3. The van der Waals surface area contributed by atoms with Gasteiger partial charge < -0.3 is 10.2 Å². The van der Waals surface area contributed by atoms with E-state index >= 15 is 0 Å². The summed E-state index contributed by atoms with van der Waals surface area (Å²) in [5.74, 6) is 3.61. The van der Waals surface area contributed by atoms with Crippen LogP contribution in [0.5, 0.6) is 0 Å². The van der Waals surface area contributed by atoms with Crippen molar-refractivity contribution in [1.82, 2.24) is 10.2 Å². The molecule has 0 bridgehead atoms. The summed E-state index contributed by atoms with van der Waals surface area (Å²) in [5.41, 5.74) is 0.